The van der Waals surface area contributed by atoms with Crippen molar-refractivity contribution in [2.45, 2.75) is 6.54 Å². The third-order valence-electron chi connectivity index (χ3n) is 3.70. The van der Waals surface area contributed by atoms with E-state index in [2.05, 4.69) is 15.3 Å². The molecule has 0 radical (unpaired) electrons. The molecule has 0 saturated heterocycles. The van der Waals surface area contributed by atoms with Gasteiger partial charge in [0.05, 0.1) is 12.8 Å². The zero-order chi connectivity index (χ0) is 18.2. The number of para-hydroxylation sites is 2. The molecule has 2 aromatic heterocycles. The van der Waals surface area contributed by atoms with Crippen LogP contribution in [0.25, 0.3) is 11.3 Å². The monoisotopic (exact) mass is 349 g/mol. The van der Waals surface area contributed by atoms with Gasteiger partial charge in [0.1, 0.15) is 0 Å². The maximum Gasteiger partial charge on any atom is 0.258 e. The van der Waals surface area contributed by atoms with Crippen molar-refractivity contribution < 1.29 is 14.3 Å². The molecule has 0 saturated carbocycles. The number of hydrogen-bond donors (Lipinski definition) is 1. The second-order valence-electron chi connectivity index (χ2n) is 5.51. The first-order valence-electron chi connectivity index (χ1n) is 8.14. The molecule has 132 valence electrons. The third kappa shape index (κ3) is 4.57. The van der Waals surface area contributed by atoms with Gasteiger partial charge in [-0.15, -0.1) is 0 Å². The van der Waals surface area contributed by atoms with Gasteiger partial charge in [0.2, 0.25) is 0 Å². The van der Waals surface area contributed by atoms with Gasteiger partial charge in [0.15, 0.2) is 18.1 Å². The summed E-state index contributed by atoms with van der Waals surface area (Å²) in [7, 11) is 1.56. The molecule has 0 aliphatic rings. The summed E-state index contributed by atoms with van der Waals surface area (Å²) >= 11 is 0. The van der Waals surface area contributed by atoms with E-state index in [-0.39, 0.29) is 12.5 Å². The molecule has 26 heavy (non-hydrogen) atoms. The molecule has 0 atom stereocenters. The molecule has 0 unspecified atom stereocenters. The predicted octanol–water partition coefficient (Wildman–Crippen LogP) is 2.85. The number of ether oxygens (including phenoxy) is 2. The van der Waals surface area contributed by atoms with Crippen LogP contribution < -0.4 is 14.8 Å². The lowest BCUT2D eigenvalue weighted by Crippen LogP contribution is -2.28. The predicted molar refractivity (Wildman–Crippen MR) is 97.8 cm³/mol. The van der Waals surface area contributed by atoms with Crippen LogP contribution in [-0.2, 0) is 11.3 Å². The summed E-state index contributed by atoms with van der Waals surface area (Å²) in [6.07, 6.45) is 5.23. The standard InChI is InChI=1S/C20H19N3O3/c1-25-18-6-2-3-7-19(18)26-14-20(24)23-12-15-8-9-17(22-11-15)16-5-4-10-21-13-16/h2-11,13H,12,14H2,1H3,(H,23,24). The van der Waals surface area contributed by atoms with Crippen LogP contribution in [0.1, 0.15) is 5.56 Å². The molecule has 0 aliphatic carbocycles. The van der Waals surface area contributed by atoms with E-state index in [1.807, 2.05) is 36.4 Å². The van der Waals surface area contributed by atoms with E-state index in [0.29, 0.717) is 18.0 Å². The highest BCUT2D eigenvalue weighted by atomic mass is 16.5. The number of carbonyl (C=O) groups is 1. The Morgan fingerprint density at radius 1 is 1.04 bits per heavy atom. The number of benzene rings is 1. The van der Waals surface area contributed by atoms with Gasteiger partial charge in [0.25, 0.3) is 5.91 Å². The van der Waals surface area contributed by atoms with Crippen LogP contribution in [0.3, 0.4) is 0 Å². The Morgan fingerprint density at radius 3 is 2.58 bits per heavy atom. The highest BCUT2D eigenvalue weighted by Crippen LogP contribution is 2.25. The molecular weight excluding hydrogens is 330 g/mol. The number of hydrogen-bond acceptors (Lipinski definition) is 5. The van der Waals surface area contributed by atoms with Gasteiger partial charge in [-0.05, 0) is 35.9 Å². The van der Waals surface area contributed by atoms with Crippen LogP contribution in [0.4, 0.5) is 0 Å². The van der Waals surface area contributed by atoms with Gasteiger partial charge >= 0.3 is 0 Å². The molecule has 3 aromatic rings. The van der Waals surface area contributed by atoms with E-state index in [1.165, 1.54) is 0 Å². The first-order valence-corrected chi connectivity index (χ1v) is 8.14. The largest absolute Gasteiger partial charge is 0.493 e. The molecule has 2 heterocycles. The Labute approximate surface area is 151 Å². The number of nitrogens with one attached hydrogen (secondary N) is 1. The van der Waals surface area contributed by atoms with Crippen LogP contribution in [0.2, 0.25) is 0 Å². The molecule has 1 N–H and O–H groups in total. The molecule has 1 amide bonds. The second kappa shape index (κ2) is 8.62. The molecule has 6 heteroatoms. The molecule has 1 aromatic carbocycles. The number of carbonyl (C=O) groups excluding carboxylic acids is 1. The summed E-state index contributed by atoms with van der Waals surface area (Å²) in [5.74, 6) is 0.912. The molecule has 3 rings (SSSR count). The first kappa shape index (κ1) is 17.4. The molecular formula is C20H19N3O3. The Morgan fingerprint density at radius 2 is 1.88 bits per heavy atom. The van der Waals surface area contributed by atoms with E-state index in [9.17, 15) is 4.79 Å². The summed E-state index contributed by atoms with van der Waals surface area (Å²) in [4.78, 5) is 20.5. The van der Waals surface area contributed by atoms with Crippen LogP contribution in [0, 0.1) is 0 Å². The van der Waals surface area contributed by atoms with Crippen LogP contribution in [0.15, 0.2) is 67.1 Å². The smallest absolute Gasteiger partial charge is 0.258 e. The lowest BCUT2D eigenvalue weighted by atomic mass is 10.1. The molecule has 6 nitrogen and oxygen atoms in total. The van der Waals surface area contributed by atoms with E-state index in [0.717, 1.165) is 16.8 Å². The van der Waals surface area contributed by atoms with Crippen molar-refractivity contribution in [2.75, 3.05) is 13.7 Å². The Bertz CT molecular complexity index is 852. The summed E-state index contributed by atoms with van der Waals surface area (Å²) in [5, 5.41) is 2.81. The van der Waals surface area contributed by atoms with Gasteiger partial charge in [-0.1, -0.05) is 18.2 Å². The van der Waals surface area contributed by atoms with Gasteiger partial charge in [-0.3, -0.25) is 14.8 Å². The number of aromatic nitrogens is 2. The number of amides is 1. The van der Waals surface area contributed by atoms with E-state index in [4.69, 9.17) is 9.47 Å². The zero-order valence-corrected chi connectivity index (χ0v) is 14.4. The fraction of sp³-hybridized carbons (Fsp3) is 0.150. The number of nitrogens with zero attached hydrogens (tertiary/aromatic N) is 2. The van der Waals surface area contributed by atoms with E-state index in [1.54, 1.807) is 37.8 Å². The maximum absolute atomic E-state index is 12.0. The highest BCUT2D eigenvalue weighted by molar-refractivity contribution is 5.77. The Hall–Kier alpha value is -3.41. The van der Waals surface area contributed by atoms with Gasteiger partial charge in [0, 0.05) is 30.7 Å². The summed E-state index contributed by atoms with van der Waals surface area (Å²) < 4.78 is 10.7. The fourth-order valence-electron chi connectivity index (χ4n) is 2.35. The van der Waals surface area contributed by atoms with Crippen molar-refractivity contribution in [1.29, 1.82) is 0 Å². The van der Waals surface area contributed by atoms with Gasteiger partial charge < -0.3 is 14.8 Å². The van der Waals surface area contributed by atoms with Gasteiger partial charge in [-0.2, -0.15) is 0 Å². The average Bonchev–Trinajstić information content (AvgIpc) is 2.72. The van der Waals surface area contributed by atoms with Crippen LogP contribution in [0.5, 0.6) is 11.5 Å². The van der Waals surface area contributed by atoms with E-state index >= 15 is 0 Å². The van der Waals surface area contributed by atoms with Crippen molar-refractivity contribution in [2.24, 2.45) is 0 Å². The minimum absolute atomic E-state index is 0.0818. The molecule has 0 fully saturated rings. The highest BCUT2D eigenvalue weighted by Gasteiger charge is 2.07. The number of pyridine rings is 2. The second-order valence-corrected chi connectivity index (χ2v) is 5.51. The third-order valence-corrected chi connectivity index (χ3v) is 3.70. The maximum atomic E-state index is 12.0. The SMILES string of the molecule is COc1ccccc1OCC(=O)NCc1ccc(-c2cccnc2)nc1. The molecule has 0 spiro atoms. The van der Waals surface area contributed by atoms with Crippen molar-refractivity contribution in [3.05, 3.63) is 72.7 Å². The quantitative estimate of drug-likeness (QED) is 0.710. The summed E-state index contributed by atoms with van der Waals surface area (Å²) in [6, 6.07) is 14.9. The molecule has 0 aliphatic heterocycles. The van der Waals surface area contributed by atoms with Crippen molar-refractivity contribution in [3.63, 3.8) is 0 Å². The van der Waals surface area contributed by atoms with Crippen molar-refractivity contribution in [3.8, 4) is 22.8 Å². The lowest BCUT2D eigenvalue weighted by Gasteiger charge is -2.10. The van der Waals surface area contributed by atoms with Crippen LogP contribution >= 0.6 is 0 Å². The zero-order valence-electron chi connectivity index (χ0n) is 14.4. The van der Waals surface area contributed by atoms with Crippen molar-refractivity contribution in [1.82, 2.24) is 15.3 Å². The number of rotatable bonds is 7. The Kier molecular flexibility index (Phi) is 5.77. The molecule has 0 bridgehead atoms. The lowest BCUT2D eigenvalue weighted by molar-refractivity contribution is -0.123. The summed E-state index contributed by atoms with van der Waals surface area (Å²) in [5.41, 5.74) is 2.70. The minimum atomic E-state index is -0.216. The normalized spacial score (nSPS) is 10.2. The first-order chi connectivity index (χ1) is 12.8. The average molecular weight is 349 g/mol. The minimum Gasteiger partial charge on any atom is -0.493 e. The fourth-order valence-corrected chi connectivity index (χ4v) is 2.35. The number of methoxy groups -OCH3 is 1. The van der Waals surface area contributed by atoms with E-state index < -0.39 is 0 Å². The topological polar surface area (TPSA) is 73.3 Å². The van der Waals surface area contributed by atoms with Gasteiger partial charge in [-0.25, -0.2) is 0 Å². The van der Waals surface area contributed by atoms with Crippen LogP contribution in [-0.4, -0.2) is 29.6 Å². The summed E-state index contributed by atoms with van der Waals surface area (Å²) in [6.45, 7) is 0.302. The van der Waals surface area contributed by atoms with Crippen molar-refractivity contribution >= 4 is 5.91 Å². The Balaban J connectivity index is 1.50.